The Morgan fingerprint density at radius 2 is 1.77 bits per heavy atom. The van der Waals surface area contributed by atoms with Crippen LogP contribution in [0.5, 0.6) is 0 Å². The summed E-state index contributed by atoms with van der Waals surface area (Å²) in [6.45, 7) is 6.23. The SMILES string of the molecule is CCCCOC(=O)[C@H](C#N)c1nc2ccccc2nc1N1CCN(C(=O)OCC)CC1. The molecule has 1 aliphatic rings. The summed E-state index contributed by atoms with van der Waals surface area (Å²) in [5.41, 5.74) is 1.56. The molecule has 0 spiro atoms. The highest BCUT2D eigenvalue weighted by Crippen LogP contribution is 2.28. The number of nitrogens with zero attached hydrogens (tertiary/aromatic N) is 5. The number of rotatable bonds is 7. The minimum Gasteiger partial charge on any atom is -0.464 e. The molecule has 2 aromatic rings. The minimum atomic E-state index is -1.17. The van der Waals surface area contributed by atoms with E-state index in [0.29, 0.717) is 49.6 Å². The Morgan fingerprint density at radius 1 is 1.10 bits per heavy atom. The summed E-state index contributed by atoms with van der Waals surface area (Å²) in [5, 5.41) is 9.77. The lowest BCUT2D eigenvalue weighted by molar-refractivity contribution is -0.144. The average molecular weight is 425 g/mol. The highest BCUT2D eigenvalue weighted by atomic mass is 16.6. The third kappa shape index (κ3) is 5.20. The summed E-state index contributed by atoms with van der Waals surface area (Å²) in [7, 11) is 0. The maximum atomic E-state index is 12.6. The number of carbonyl (C=O) groups is 2. The molecule has 3 rings (SSSR count). The highest BCUT2D eigenvalue weighted by Gasteiger charge is 2.32. The van der Waals surface area contributed by atoms with Gasteiger partial charge in [-0.1, -0.05) is 25.5 Å². The van der Waals surface area contributed by atoms with Gasteiger partial charge in [0.2, 0.25) is 0 Å². The molecule has 0 aliphatic carbocycles. The lowest BCUT2D eigenvalue weighted by atomic mass is 10.1. The van der Waals surface area contributed by atoms with Gasteiger partial charge in [0, 0.05) is 26.2 Å². The van der Waals surface area contributed by atoms with Gasteiger partial charge in [0.05, 0.1) is 30.3 Å². The zero-order chi connectivity index (χ0) is 22.2. The fraction of sp³-hybridized carbons (Fsp3) is 0.500. The lowest BCUT2D eigenvalue weighted by Gasteiger charge is -2.35. The van der Waals surface area contributed by atoms with Crippen molar-refractivity contribution >= 4 is 28.9 Å². The average Bonchev–Trinajstić information content (AvgIpc) is 2.79. The molecule has 0 saturated carbocycles. The van der Waals surface area contributed by atoms with E-state index in [2.05, 4.69) is 4.98 Å². The van der Waals surface area contributed by atoms with Gasteiger partial charge in [-0.3, -0.25) is 4.79 Å². The molecule has 164 valence electrons. The number of amides is 1. The van der Waals surface area contributed by atoms with E-state index in [1.165, 1.54) is 0 Å². The number of piperazine rings is 1. The predicted octanol–water partition coefficient (Wildman–Crippen LogP) is 2.86. The molecule has 0 bridgehead atoms. The Bertz CT molecular complexity index is 966. The largest absolute Gasteiger partial charge is 0.464 e. The zero-order valence-corrected chi connectivity index (χ0v) is 17.9. The molecule has 1 atom stereocenters. The number of nitriles is 1. The summed E-state index contributed by atoms with van der Waals surface area (Å²) in [5.74, 6) is -1.32. The molecule has 0 radical (unpaired) electrons. The maximum Gasteiger partial charge on any atom is 0.409 e. The summed E-state index contributed by atoms with van der Waals surface area (Å²) in [4.78, 5) is 37.6. The van der Waals surface area contributed by atoms with Crippen LogP contribution >= 0.6 is 0 Å². The van der Waals surface area contributed by atoms with Crippen LogP contribution in [0.3, 0.4) is 0 Å². The summed E-state index contributed by atoms with van der Waals surface area (Å²) >= 11 is 0. The van der Waals surface area contributed by atoms with E-state index in [4.69, 9.17) is 14.5 Å². The van der Waals surface area contributed by atoms with Crippen LogP contribution in [0.4, 0.5) is 10.6 Å². The third-order valence-corrected chi connectivity index (χ3v) is 5.06. The first kappa shape index (κ1) is 22.3. The number of unbranched alkanes of at least 4 members (excludes halogenated alkanes) is 1. The molecule has 0 unspecified atom stereocenters. The topological polar surface area (TPSA) is 109 Å². The molecule has 1 aromatic heterocycles. The number of benzene rings is 1. The fourth-order valence-corrected chi connectivity index (χ4v) is 3.37. The van der Waals surface area contributed by atoms with E-state index in [0.717, 1.165) is 12.8 Å². The van der Waals surface area contributed by atoms with E-state index in [9.17, 15) is 14.9 Å². The van der Waals surface area contributed by atoms with Gasteiger partial charge in [-0.15, -0.1) is 0 Å². The Labute approximate surface area is 181 Å². The molecule has 9 nitrogen and oxygen atoms in total. The second-order valence-electron chi connectivity index (χ2n) is 7.18. The molecular weight excluding hydrogens is 398 g/mol. The number of hydrogen-bond acceptors (Lipinski definition) is 8. The van der Waals surface area contributed by atoms with Crippen molar-refractivity contribution < 1.29 is 19.1 Å². The van der Waals surface area contributed by atoms with Gasteiger partial charge >= 0.3 is 12.1 Å². The maximum absolute atomic E-state index is 12.6. The number of carbonyl (C=O) groups excluding carboxylic acids is 2. The second-order valence-corrected chi connectivity index (χ2v) is 7.18. The first-order chi connectivity index (χ1) is 15.1. The number of esters is 1. The molecule has 0 N–H and O–H groups in total. The first-order valence-corrected chi connectivity index (χ1v) is 10.6. The fourth-order valence-electron chi connectivity index (χ4n) is 3.37. The van der Waals surface area contributed by atoms with Crippen molar-refractivity contribution in [1.82, 2.24) is 14.9 Å². The summed E-state index contributed by atoms with van der Waals surface area (Å²) in [6.07, 6.45) is 1.27. The smallest absolute Gasteiger partial charge is 0.409 e. The van der Waals surface area contributed by atoms with Crippen molar-refractivity contribution in [2.24, 2.45) is 0 Å². The van der Waals surface area contributed by atoms with Crippen molar-refractivity contribution in [1.29, 1.82) is 5.26 Å². The van der Waals surface area contributed by atoms with E-state index in [1.807, 2.05) is 36.1 Å². The zero-order valence-electron chi connectivity index (χ0n) is 17.9. The van der Waals surface area contributed by atoms with Crippen LogP contribution in [0, 0.1) is 11.3 Å². The lowest BCUT2D eigenvalue weighted by Crippen LogP contribution is -2.49. The van der Waals surface area contributed by atoms with Crippen LogP contribution in [0.1, 0.15) is 38.3 Å². The van der Waals surface area contributed by atoms with E-state index < -0.39 is 11.9 Å². The van der Waals surface area contributed by atoms with E-state index in [1.54, 1.807) is 17.9 Å². The number of aromatic nitrogens is 2. The third-order valence-electron chi connectivity index (χ3n) is 5.06. The number of ether oxygens (including phenoxy) is 2. The monoisotopic (exact) mass is 425 g/mol. The van der Waals surface area contributed by atoms with Crippen molar-refractivity contribution in [2.45, 2.75) is 32.6 Å². The Balaban J connectivity index is 1.90. The number of fused-ring (bicyclic) bond motifs is 1. The number of anilines is 1. The highest BCUT2D eigenvalue weighted by molar-refractivity contribution is 5.85. The molecular formula is C22H27N5O4. The Hall–Kier alpha value is -3.41. The van der Waals surface area contributed by atoms with Crippen LogP contribution in [0.25, 0.3) is 11.0 Å². The Morgan fingerprint density at radius 3 is 2.39 bits per heavy atom. The van der Waals surface area contributed by atoms with Gasteiger partial charge in [-0.25, -0.2) is 14.8 Å². The van der Waals surface area contributed by atoms with Crippen molar-refractivity contribution in [3.8, 4) is 6.07 Å². The van der Waals surface area contributed by atoms with Crippen LogP contribution in [-0.4, -0.2) is 66.3 Å². The Kier molecular flexibility index (Phi) is 7.60. The first-order valence-electron chi connectivity index (χ1n) is 10.6. The summed E-state index contributed by atoms with van der Waals surface area (Å²) < 4.78 is 10.4. The molecule has 1 amide bonds. The van der Waals surface area contributed by atoms with Crippen LogP contribution in [0.15, 0.2) is 24.3 Å². The quantitative estimate of drug-likeness (QED) is 0.492. The molecule has 1 saturated heterocycles. The van der Waals surface area contributed by atoms with Gasteiger partial charge in [0.1, 0.15) is 5.69 Å². The van der Waals surface area contributed by atoms with Crippen molar-refractivity contribution in [2.75, 3.05) is 44.3 Å². The van der Waals surface area contributed by atoms with Gasteiger partial charge in [0.25, 0.3) is 0 Å². The van der Waals surface area contributed by atoms with Crippen molar-refractivity contribution in [3.05, 3.63) is 30.0 Å². The minimum absolute atomic E-state index is 0.266. The molecule has 2 heterocycles. The predicted molar refractivity (Wildman–Crippen MR) is 115 cm³/mol. The second kappa shape index (κ2) is 10.6. The standard InChI is InChI=1S/C22H27N5O4/c1-3-5-14-31-21(28)16(15-23)19-20(25-18-9-7-6-8-17(18)24-19)26-10-12-27(13-11-26)22(29)30-4-2/h6-9,16H,3-5,10-14H2,1-2H3/t16-/m1/s1. The van der Waals surface area contributed by atoms with Gasteiger partial charge < -0.3 is 19.3 Å². The number of hydrogen-bond donors (Lipinski definition) is 0. The molecule has 31 heavy (non-hydrogen) atoms. The van der Waals surface area contributed by atoms with E-state index >= 15 is 0 Å². The molecule has 1 aromatic carbocycles. The van der Waals surface area contributed by atoms with Crippen molar-refractivity contribution in [3.63, 3.8) is 0 Å². The van der Waals surface area contributed by atoms with Gasteiger partial charge in [0.15, 0.2) is 11.7 Å². The van der Waals surface area contributed by atoms with Gasteiger partial charge in [-0.2, -0.15) is 5.26 Å². The van der Waals surface area contributed by atoms with Crippen LogP contribution < -0.4 is 4.90 Å². The van der Waals surface area contributed by atoms with E-state index in [-0.39, 0.29) is 18.4 Å². The van der Waals surface area contributed by atoms with Crippen LogP contribution in [0.2, 0.25) is 0 Å². The molecule has 9 heteroatoms. The molecule has 1 aliphatic heterocycles. The van der Waals surface area contributed by atoms with Crippen LogP contribution in [-0.2, 0) is 14.3 Å². The number of para-hydroxylation sites is 2. The molecule has 1 fully saturated rings. The summed E-state index contributed by atoms with van der Waals surface area (Å²) in [6, 6.07) is 9.37. The normalized spacial score (nSPS) is 14.7. The van der Waals surface area contributed by atoms with Gasteiger partial charge in [-0.05, 0) is 25.5 Å².